The number of nitrogens with one attached hydrogen (secondary N) is 1. The van der Waals surface area contributed by atoms with Crippen LogP contribution in [0.2, 0.25) is 0 Å². The van der Waals surface area contributed by atoms with Gasteiger partial charge in [0.15, 0.2) is 0 Å². The van der Waals surface area contributed by atoms with Crippen molar-refractivity contribution in [1.82, 2.24) is 4.31 Å². The van der Waals surface area contributed by atoms with Gasteiger partial charge < -0.3 is 5.32 Å². The van der Waals surface area contributed by atoms with Crippen LogP contribution in [0.25, 0.3) is 0 Å². The zero-order valence-electron chi connectivity index (χ0n) is 15.4. The summed E-state index contributed by atoms with van der Waals surface area (Å²) in [4.78, 5) is 12.7. The van der Waals surface area contributed by atoms with E-state index in [2.05, 4.69) is 12.2 Å². The van der Waals surface area contributed by atoms with E-state index in [4.69, 9.17) is 0 Å². The van der Waals surface area contributed by atoms with Crippen LogP contribution >= 0.6 is 0 Å². The molecule has 2 aromatic carbocycles. The first-order valence-electron chi connectivity index (χ1n) is 8.95. The molecule has 1 heterocycles. The largest absolute Gasteiger partial charge is 0.322 e. The average Bonchev–Trinajstić information content (AvgIpc) is 2.64. The zero-order chi connectivity index (χ0) is 19.6. The molecule has 1 fully saturated rings. The molecule has 144 valence electrons. The van der Waals surface area contributed by atoms with Gasteiger partial charge in [-0.25, -0.2) is 12.8 Å². The van der Waals surface area contributed by atoms with E-state index in [1.54, 1.807) is 13.0 Å². The molecule has 7 heteroatoms. The summed E-state index contributed by atoms with van der Waals surface area (Å²) < 4.78 is 40.4. The number of carbonyl (C=O) groups excluding carboxylic acids is 1. The fourth-order valence-electron chi connectivity index (χ4n) is 3.11. The van der Waals surface area contributed by atoms with E-state index in [9.17, 15) is 17.6 Å². The quantitative estimate of drug-likeness (QED) is 0.863. The molecule has 2 aromatic rings. The minimum atomic E-state index is -3.63. The SMILES string of the molecule is Cc1ccc(S(=O)(=O)N2CCC(C)CC2)cc1C(=O)Nc1ccc(F)cc1. The number of rotatable bonds is 4. The Morgan fingerprint density at radius 1 is 1.11 bits per heavy atom. The van der Waals surface area contributed by atoms with Gasteiger partial charge in [-0.2, -0.15) is 4.31 Å². The molecule has 5 nitrogen and oxygen atoms in total. The Morgan fingerprint density at radius 2 is 1.74 bits per heavy atom. The van der Waals surface area contributed by atoms with Crippen molar-refractivity contribution >= 4 is 21.6 Å². The molecule has 0 aromatic heterocycles. The molecule has 1 saturated heterocycles. The van der Waals surface area contributed by atoms with Crippen LogP contribution in [0.4, 0.5) is 10.1 Å². The molecule has 0 saturated carbocycles. The molecule has 27 heavy (non-hydrogen) atoms. The van der Waals surface area contributed by atoms with Gasteiger partial charge in [-0.05, 0) is 67.6 Å². The lowest BCUT2D eigenvalue weighted by atomic mass is 10.0. The van der Waals surface area contributed by atoms with Crippen LogP contribution in [0.1, 0.15) is 35.7 Å². The molecule has 0 unspecified atom stereocenters. The molecular weight excluding hydrogens is 367 g/mol. The Bertz CT molecular complexity index is 934. The van der Waals surface area contributed by atoms with E-state index < -0.39 is 21.7 Å². The molecule has 1 aliphatic heterocycles. The van der Waals surface area contributed by atoms with Crippen LogP contribution in [0.5, 0.6) is 0 Å². The van der Waals surface area contributed by atoms with Crippen molar-refractivity contribution in [3.05, 3.63) is 59.4 Å². The van der Waals surface area contributed by atoms with Gasteiger partial charge in [0.25, 0.3) is 5.91 Å². The topological polar surface area (TPSA) is 66.5 Å². The molecule has 0 atom stereocenters. The number of halogens is 1. The molecule has 1 amide bonds. The summed E-state index contributed by atoms with van der Waals surface area (Å²) in [7, 11) is -3.63. The van der Waals surface area contributed by atoms with Gasteiger partial charge >= 0.3 is 0 Å². The molecule has 1 aliphatic rings. The van der Waals surface area contributed by atoms with E-state index in [1.165, 1.54) is 40.7 Å². The second-order valence-corrected chi connectivity index (χ2v) is 8.96. The van der Waals surface area contributed by atoms with Gasteiger partial charge in [-0.15, -0.1) is 0 Å². The van der Waals surface area contributed by atoms with Crippen LogP contribution in [-0.2, 0) is 10.0 Å². The molecule has 3 rings (SSSR count). The van der Waals surface area contributed by atoms with Crippen molar-refractivity contribution < 1.29 is 17.6 Å². The minimum absolute atomic E-state index is 0.118. The fourth-order valence-corrected chi connectivity index (χ4v) is 4.61. The van der Waals surface area contributed by atoms with E-state index in [1.807, 2.05) is 0 Å². The number of aryl methyl sites for hydroxylation is 1. The number of hydrogen-bond acceptors (Lipinski definition) is 3. The average molecular weight is 390 g/mol. The monoisotopic (exact) mass is 390 g/mol. The summed E-state index contributed by atoms with van der Waals surface area (Å²) in [5.74, 6) is -0.303. The van der Waals surface area contributed by atoms with Gasteiger partial charge in [0.2, 0.25) is 10.0 Å². The first-order valence-corrected chi connectivity index (χ1v) is 10.4. The summed E-state index contributed by atoms with van der Waals surface area (Å²) in [5.41, 5.74) is 1.39. The third-order valence-electron chi connectivity index (χ3n) is 4.94. The second-order valence-electron chi connectivity index (χ2n) is 7.02. The van der Waals surface area contributed by atoms with E-state index in [0.717, 1.165) is 12.8 Å². The summed E-state index contributed by atoms with van der Waals surface area (Å²) in [6.07, 6.45) is 1.67. The highest BCUT2D eigenvalue weighted by molar-refractivity contribution is 7.89. The number of sulfonamides is 1. The normalized spacial score (nSPS) is 16.3. The van der Waals surface area contributed by atoms with Gasteiger partial charge in [0.1, 0.15) is 5.82 Å². The smallest absolute Gasteiger partial charge is 0.255 e. The molecule has 0 spiro atoms. The number of anilines is 1. The Kier molecular flexibility index (Phi) is 5.62. The number of benzene rings is 2. The predicted octanol–water partition coefficient (Wildman–Crippen LogP) is 3.81. The number of hydrogen-bond donors (Lipinski definition) is 1. The summed E-state index contributed by atoms with van der Waals surface area (Å²) in [5, 5.41) is 2.68. The first kappa shape index (κ1) is 19.5. The molecule has 0 radical (unpaired) electrons. The van der Waals surface area contributed by atoms with E-state index >= 15 is 0 Å². The van der Waals surface area contributed by atoms with Gasteiger partial charge in [-0.3, -0.25) is 4.79 Å². The molecule has 0 bridgehead atoms. The maximum Gasteiger partial charge on any atom is 0.255 e. The van der Waals surface area contributed by atoms with Crippen molar-refractivity contribution in [3.63, 3.8) is 0 Å². The van der Waals surface area contributed by atoms with Gasteiger partial charge in [0.05, 0.1) is 4.90 Å². The molecular formula is C20H23FN2O3S. The lowest BCUT2D eigenvalue weighted by molar-refractivity contribution is 0.102. The van der Waals surface area contributed by atoms with Gasteiger partial charge in [-0.1, -0.05) is 13.0 Å². The third kappa shape index (κ3) is 4.36. The van der Waals surface area contributed by atoms with E-state index in [-0.39, 0.29) is 10.5 Å². The second kappa shape index (κ2) is 7.78. The maximum absolute atomic E-state index is 13.0. The lowest BCUT2D eigenvalue weighted by Gasteiger charge is -2.29. The zero-order valence-corrected chi connectivity index (χ0v) is 16.2. The van der Waals surface area contributed by atoms with Crippen LogP contribution in [0, 0.1) is 18.7 Å². The summed E-state index contributed by atoms with van der Waals surface area (Å²) >= 11 is 0. The van der Waals surface area contributed by atoms with Crippen molar-refractivity contribution in [2.75, 3.05) is 18.4 Å². The standard InChI is InChI=1S/C20H23FN2O3S/c1-14-9-11-23(12-10-14)27(25,26)18-8-3-15(2)19(13-18)20(24)22-17-6-4-16(21)5-7-17/h3-8,13-14H,9-12H2,1-2H3,(H,22,24). The van der Waals surface area contributed by atoms with Crippen molar-refractivity contribution in [2.24, 2.45) is 5.92 Å². The van der Waals surface area contributed by atoms with Gasteiger partial charge in [0, 0.05) is 24.3 Å². The highest BCUT2D eigenvalue weighted by Crippen LogP contribution is 2.25. The minimum Gasteiger partial charge on any atom is -0.322 e. The Balaban J connectivity index is 1.85. The van der Waals surface area contributed by atoms with Crippen LogP contribution in [0.3, 0.4) is 0 Å². The lowest BCUT2D eigenvalue weighted by Crippen LogP contribution is -2.38. The predicted molar refractivity (Wildman–Crippen MR) is 103 cm³/mol. The Morgan fingerprint density at radius 3 is 2.37 bits per heavy atom. The number of nitrogens with zero attached hydrogens (tertiary/aromatic N) is 1. The molecule has 1 N–H and O–H groups in total. The van der Waals surface area contributed by atoms with Crippen LogP contribution < -0.4 is 5.32 Å². The highest BCUT2D eigenvalue weighted by Gasteiger charge is 2.28. The Labute approximate surface area is 159 Å². The Hall–Kier alpha value is -2.25. The number of carbonyl (C=O) groups is 1. The summed E-state index contributed by atoms with van der Waals surface area (Å²) in [6.45, 7) is 4.86. The van der Waals surface area contributed by atoms with Crippen molar-refractivity contribution in [3.8, 4) is 0 Å². The van der Waals surface area contributed by atoms with E-state index in [0.29, 0.717) is 30.3 Å². The van der Waals surface area contributed by atoms with Crippen LogP contribution in [-0.4, -0.2) is 31.7 Å². The van der Waals surface area contributed by atoms with Crippen molar-refractivity contribution in [1.29, 1.82) is 0 Å². The third-order valence-corrected chi connectivity index (χ3v) is 6.83. The molecule has 0 aliphatic carbocycles. The fraction of sp³-hybridized carbons (Fsp3) is 0.350. The maximum atomic E-state index is 13.0. The highest BCUT2D eigenvalue weighted by atomic mass is 32.2. The summed E-state index contributed by atoms with van der Waals surface area (Å²) in [6, 6.07) is 10.0. The first-order chi connectivity index (χ1) is 12.8. The van der Waals surface area contributed by atoms with Crippen LogP contribution in [0.15, 0.2) is 47.4 Å². The number of amides is 1. The number of piperidine rings is 1. The van der Waals surface area contributed by atoms with Crippen molar-refractivity contribution in [2.45, 2.75) is 31.6 Å².